The van der Waals surface area contributed by atoms with Gasteiger partial charge in [-0.3, -0.25) is 10.2 Å². The van der Waals surface area contributed by atoms with E-state index in [0.29, 0.717) is 5.57 Å². The molecule has 1 heterocycles. The maximum absolute atomic E-state index is 11.4. The zero-order valence-electron chi connectivity index (χ0n) is 15.1. The quantitative estimate of drug-likeness (QED) is 0.658. The van der Waals surface area contributed by atoms with Crippen molar-refractivity contribution in [3.63, 3.8) is 0 Å². The lowest BCUT2D eigenvalue weighted by Crippen LogP contribution is -2.42. The Morgan fingerprint density at radius 1 is 1.38 bits per heavy atom. The number of allylic oxidation sites excluding steroid dienone is 4. The van der Waals surface area contributed by atoms with E-state index < -0.39 is 5.91 Å². The summed E-state index contributed by atoms with van der Waals surface area (Å²) < 4.78 is 0. The van der Waals surface area contributed by atoms with Gasteiger partial charge in [-0.25, -0.2) is 0 Å². The Kier molecular flexibility index (Phi) is 5.38. The molecule has 136 valence electrons. The van der Waals surface area contributed by atoms with Crippen LogP contribution in [-0.2, 0) is 10.2 Å². The van der Waals surface area contributed by atoms with Gasteiger partial charge in [0, 0.05) is 29.4 Å². The zero-order valence-corrected chi connectivity index (χ0v) is 15.1. The highest BCUT2D eigenvalue weighted by atomic mass is 16.1. The van der Waals surface area contributed by atoms with Crippen molar-refractivity contribution in [3.8, 4) is 0 Å². The fourth-order valence-electron chi connectivity index (χ4n) is 3.70. The van der Waals surface area contributed by atoms with Crippen LogP contribution in [0, 0.1) is 5.41 Å². The minimum Gasteiger partial charge on any atom is -0.366 e. The predicted molar refractivity (Wildman–Crippen MR) is 106 cm³/mol. The Morgan fingerprint density at radius 2 is 2.15 bits per heavy atom. The molecule has 26 heavy (non-hydrogen) atoms. The van der Waals surface area contributed by atoms with Crippen LogP contribution in [-0.4, -0.2) is 24.7 Å². The van der Waals surface area contributed by atoms with E-state index in [1.54, 1.807) is 24.4 Å². The van der Waals surface area contributed by atoms with Gasteiger partial charge in [0.15, 0.2) is 0 Å². The molecule has 1 saturated heterocycles. The maximum atomic E-state index is 11.4. The van der Waals surface area contributed by atoms with E-state index in [1.807, 2.05) is 0 Å². The number of hydrogen-bond acceptors (Lipinski definition) is 4. The lowest BCUT2D eigenvalue weighted by Gasteiger charge is -2.37. The van der Waals surface area contributed by atoms with E-state index in [1.165, 1.54) is 18.4 Å². The summed E-state index contributed by atoms with van der Waals surface area (Å²) in [4.78, 5) is 11.4. The van der Waals surface area contributed by atoms with Gasteiger partial charge in [0.05, 0.1) is 11.3 Å². The van der Waals surface area contributed by atoms with Crippen molar-refractivity contribution < 1.29 is 4.79 Å². The van der Waals surface area contributed by atoms with Crippen LogP contribution in [0.15, 0.2) is 59.8 Å². The van der Waals surface area contributed by atoms with Crippen LogP contribution in [0.3, 0.4) is 0 Å². The maximum Gasteiger partial charge on any atom is 0.250 e. The van der Waals surface area contributed by atoms with E-state index in [2.05, 4.69) is 41.8 Å². The van der Waals surface area contributed by atoms with Crippen LogP contribution in [0.25, 0.3) is 0 Å². The van der Waals surface area contributed by atoms with Crippen LogP contribution < -0.4 is 16.4 Å². The molecule has 0 bridgehead atoms. The number of primary amides is 1. The number of amides is 1. The molecule has 3 rings (SSSR count). The molecule has 0 spiro atoms. The number of carbonyl (C=O) groups excluding carboxylic acids is 1. The highest BCUT2D eigenvalue weighted by Gasteiger charge is 2.31. The minimum atomic E-state index is -0.583. The Bertz CT molecular complexity index is 781. The number of nitrogens with one attached hydrogen (secondary N) is 3. The summed E-state index contributed by atoms with van der Waals surface area (Å²) in [7, 11) is 0. The molecule has 1 amide bonds. The van der Waals surface area contributed by atoms with Gasteiger partial charge in [0.2, 0.25) is 0 Å². The van der Waals surface area contributed by atoms with Gasteiger partial charge in [-0.1, -0.05) is 31.2 Å². The SMILES string of the molecule is CCC1(c2ccc(N/C=C3/C=CC=C(C(N)=O)C3=N)cc2)CCCNC1. The van der Waals surface area contributed by atoms with Gasteiger partial charge in [0.1, 0.15) is 0 Å². The zero-order chi connectivity index (χ0) is 18.6. The van der Waals surface area contributed by atoms with E-state index in [-0.39, 0.29) is 16.7 Å². The molecule has 0 radical (unpaired) electrons. The fraction of sp³-hybridized carbons (Fsp3) is 0.333. The van der Waals surface area contributed by atoms with Crippen molar-refractivity contribution in [2.24, 2.45) is 5.73 Å². The molecule has 1 aromatic rings. The second kappa shape index (κ2) is 7.70. The molecule has 1 aromatic carbocycles. The van der Waals surface area contributed by atoms with Gasteiger partial charge in [0.25, 0.3) is 5.91 Å². The lowest BCUT2D eigenvalue weighted by atomic mass is 9.73. The number of hydrogen-bond donors (Lipinski definition) is 4. The van der Waals surface area contributed by atoms with Crippen molar-refractivity contribution in [3.05, 3.63) is 65.4 Å². The van der Waals surface area contributed by atoms with Crippen LogP contribution in [0.2, 0.25) is 0 Å². The third-order valence-corrected chi connectivity index (χ3v) is 5.40. The van der Waals surface area contributed by atoms with Crippen molar-refractivity contribution in [2.75, 3.05) is 18.4 Å². The molecule has 2 aliphatic rings. The first kappa shape index (κ1) is 18.1. The lowest BCUT2D eigenvalue weighted by molar-refractivity contribution is -0.114. The summed E-state index contributed by atoms with van der Waals surface area (Å²) in [6.07, 6.45) is 10.4. The largest absolute Gasteiger partial charge is 0.366 e. The number of rotatable bonds is 5. The van der Waals surface area contributed by atoms with E-state index >= 15 is 0 Å². The van der Waals surface area contributed by atoms with Gasteiger partial charge in [-0.2, -0.15) is 0 Å². The normalized spacial score (nSPS) is 24.4. The summed E-state index contributed by atoms with van der Waals surface area (Å²) in [5.41, 5.74) is 8.85. The highest BCUT2D eigenvalue weighted by molar-refractivity contribution is 6.28. The van der Waals surface area contributed by atoms with Gasteiger partial charge in [-0.05, 0) is 49.6 Å². The molecule has 5 nitrogen and oxygen atoms in total. The average molecular weight is 350 g/mol. The number of anilines is 1. The van der Waals surface area contributed by atoms with E-state index in [0.717, 1.165) is 25.2 Å². The molecule has 1 aliphatic heterocycles. The topological polar surface area (TPSA) is 91.0 Å². The molecule has 1 atom stereocenters. The first-order chi connectivity index (χ1) is 12.6. The molecule has 5 N–H and O–H groups in total. The number of nitrogens with two attached hydrogens (primary N) is 1. The third-order valence-electron chi connectivity index (χ3n) is 5.40. The molecule has 1 unspecified atom stereocenters. The predicted octanol–water partition coefficient (Wildman–Crippen LogP) is 3.01. The Morgan fingerprint density at radius 3 is 2.77 bits per heavy atom. The van der Waals surface area contributed by atoms with Crippen molar-refractivity contribution >= 4 is 17.3 Å². The summed E-state index contributed by atoms with van der Waals surface area (Å²) in [6, 6.07) is 8.51. The van der Waals surface area contributed by atoms with E-state index in [9.17, 15) is 4.79 Å². The van der Waals surface area contributed by atoms with Crippen molar-refractivity contribution in [1.82, 2.24) is 5.32 Å². The van der Waals surface area contributed by atoms with Gasteiger partial charge < -0.3 is 16.4 Å². The third kappa shape index (κ3) is 3.63. The number of piperidine rings is 1. The molecular weight excluding hydrogens is 324 g/mol. The first-order valence-electron chi connectivity index (χ1n) is 9.11. The molecular formula is C21H26N4O. The van der Waals surface area contributed by atoms with Gasteiger partial charge >= 0.3 is 0 Å². The Balaban J connectivity index is 1.72. The van der Waals surface area contributed by atoms with Crippen molar-refractivity contribution in [1.29, 1.82) is 5.41 Å². The standard InChI is InChI=1S/C21H26N4O/c1-2-21(11-4-12-24-14-21)16-7-9-17(10-8-16)25-13-15-5-3-6-18(19(15)22)20(23)26/h3,5-10,13,22,24-25H,2,4,11-12,14H2,1H3,(H2,23,26)/b15-13-,22-19?. The summed E-state index contributed by atoms with van der Waals surface area (Å²) in [6.45, 7) is 4.40. The number of benzene rings is 1. The van der Waals surface area contributed by atoms with Crippen LogP contribution in [0.1, 0.15) is 31.7 Å². The number of carbonyl (C=O) groups is 1. The van der Waals surface area contributed by atoms with Gasteiger partial charge in [-0.15, -0.1) is 0 Å². The summed E-state index contributed by atoms with van der Waals surface area (Å²) in [5, 5.41) is 14.8. The average Bonchev–Trinajstić information content (AvgIpc) is 2.68. The molecule has 0 saturated carbocycles. The highest BCUT2D eigenvalue weighted by Crippen LogP contribution is 2.35. The molecule has 1 fully saturated rings. The van der Waals surface area contributed by atoms with Crippen molar-refractivity contribution in [2.45, 2.75) is 31.6 Å². The second-order valence-corrected chi connectivity index (χ2v) is 6.91. The summed E-state index contributed by atoms with van der Waals surface area (Å²) >= 11 is 0. The van der Waals surface area contributed by atoms with Crippen LogP contribution in [0.4, 0.5) is 5.69 Å². The first-order valence-corrected chi connectivity index (χ1v) is 9.11. The Hall–Kier alpha value is -2.66. The Labute approximate surface area is 154 Å². The second-order valence-electron chi connectivity index (χ2n) is 6.91. The fourth-order valence-corrected chi connectivity index (χ4v) is 3.70. The van der Waals surface area contributed by atoms with E-state index in [4.69, 9.17) is 11.1 Å². The molecule has 0 aromatic heterocycles. The summed E-state index contributed by atoms with van der Waals surface area (Å²) in [5.74, 6) is -0.583. The molecule has 1 aliphatic carbocycles. The smallest absolute Gasteiger partial charge is 0.250 e. The van der Waals surface area contributed by atoms with Crippen LogP contribution >= 0.6 is 0 Å². The minimum absolute atomic E-state index is 0.141. The molecule has 5 heteroatoms. The monoisotopic (exact) mass is 350 g/mol. The van der Waals surface area contributed by atoms with Crippen LogP contribution in [0.5, 0.6) is 0 Å².